The number of hydrogen-bond donors (Lipinski definition) is 0. The molecule has 0 aromatic carbocycles. The molecule has 6 rings (SSSR count). The van der Waals surface area contributed by atoms with Gasteiger partial charge < -0.3 is 13.3 Å². The Kier molecular flexibility index (Phi) is 23.4. The van der Waals surface area contributed by atoms with Gasteiger partial charge in [-0.2, -0.15) is 11.3 Å². The van der Waals surface area contributed by atoms with E-state index in [-0.39, 0.29) is 5.41 Å². The third kappa shape index (κ3) is 33.5. The first-order valence-electron chi connectivity index (χ1n) is 21.3. The Morgan fingerprint density at radius 1 is 0.467 bits per heavy atom. The van der Waals surface area contributed by atoms with Crippen LogP contribution in [0.5, 0.6) is 0 Å². The summed E-state index contributed by atoms with van der Waals surface area (Å²) >= 11 is 5.37. The summed E-state index contributed by atoms with van der Waals surface area (Å²) in [5.41, 5.74) is 4.96. The molecule has 0 unspecified atom stereocenters. The van der Waals surface area contributed by atoms with Crippen molar-refractivity contribution in [1.29, 1.82) is 0 Å². The lowest BCUT2D eigenvalue weighted by atomic mass is 9.89. The third-order valence-corrected chi connectivity index (χ3v) is 9.92. The van der Waals surface area contributed by atoms with E-state index in [9.17, 15) is 0 Å². The zero-order valence-corrected chi connectivity index (χ0v) is 43.3. The first-order valence-corrected chi connectivity index (χ1v) is 24.0. The highest BCUT2D eigenvalue weighted by atomic mass is 32.1. The Hall–Kier alpha value is -3.20. The first-order chi connectivity index (χ1) is 27.5. The van der Waals surface area contributed by atoms with Crippen LogP contribution in [0.1, 0.15) is 157 Å². The molecule has 336 valence electrons. The van der Waals surface area contributed by atoms with Crippen LogP contribution in [0.4, 0.5) is 0 Å². The van der Waals surface area contributed by atoms with E-state index in [2.05, 4.69) is 169 Å². The summed E-state index contributed by atoms with van der Waals surface area (Å²) in [5, 5.41) is 9.78. The fraction of sp³-hybridized carbons (Fsp3) is 0.577. The molecule has 0 fully saturated rings. The fourth-order valence-electron chi connectivity index (χ4n) is 5.47. The zero-order chi connectivity index (χ0) is 45.7. The maximum atomic E-state index is 5.21. The number of rotatable bonds is 6. The van der Waals surface area contributed by atoms with Crippen molar-refractivity contribution < 1.29 is 13.3 Å². The zero-order valence-electron chi connectivity index (χ0n) is 40.8. The molecule has 60 heavy (non-hydrogen) atoms. The van der Waals surface area contributed by atoms with E-state index < -0.39 is 0 Å². The second-order valence-corrected chi connectivity index (χ2v) is 25.5. The summed E-state index contributed by atoms with van der Waals surface area (Å²) in [6.07, 6.45) is 16.9. The van der Waals surface area contributed by atoms with Crippen molar-refractivity contribution in [2.45, 2.75) is 163 Å². The second kappa shape index (κ2) is 25.7. The van der Waals surface area contributed by atoms with Gasteiger partial charge >= 0.3 is 0 Å². The van der Waals surface area contributed by atoms with Crippen molar-refractivity contribution in [3.05, 3.63) is 128 Å². The number of thiophene rings is 2. The van der Waals surface area contributed by atoms with E-state index in [0.717, 1.165) is 37.3 Å². The van der Waals surface area contributed by atoms with E-state index in [1.165, 1.54) is 33.9 Å². The summed E-state index contributed by atoms with van der Waals surface area (Å²) in [6, 6.07) is 12.5. The van der Waals surface area contributed by atoms with Crippen LogP contribution in [0.3, 0.4) is 0 Å². The van der Waals surface area contributed by atoms with Gasteiger partial charge in [0, 0.05) is 35.7 Å². The average Bonchev–Trinajstić information content (AvgIpc) is 3.89. The largest absolute Gasteiger partial charge is 0.472 e. The molecular formula is C52H82N2O3S3. The van der Waals surface area contributed by atoms with Gasteiger partial charge in [0.25, 0.3) is 0 Å². The maximum absolute atomic E-state index is 5.21. The monoisotopic (exact) mass is 879 g/mol. The van der Waals surface area contributed by atoms with E-state index >= 15 is 0 Å². The molecule has 0 N–H and O–H groups in total. The predicted octanol–water partition coefficient (Wildman–Crippen LogP) is 17.4. The Balaban J connectivity index is 0.000000360. The molecule has 0 bridgehead atoms. The van der Waals surface area contributed by atoms with Crippen molar-refractivity contribution in [3.8, 4) is 0 Å². The van der Waals surface area contributed by atoms with Gasteiger partial charge in [0.2, 0.25) is 0 Å². The summed E-state index contributed by atoms with van der Waals surface area (Å²) < 4.78 is 15.3. The van der Waals surface area contributed by atoms with Crippen molar-refractivity contribution in [3.63, 3.8) is 0 Å². The SMILES string of the molecule is CC(C)(C)Cc1ccco1.CC(C)(C)Cc1cccs1.CC(C)(C)Cc1ccoc1.CC(C)(C)Cc1ccsc1.CC(C)(C)Cc1ncco1.CC(C)(C)Cc1nccs1. The van der Waals surface area contributed by atoms with Crippen molar-refractivity contribution >= 4 is 34.0 Å². The van der Waals surface area contributed by atoms with Crippen LogP contribution in [0, 0.1) is 32.5 Å². The van der Waals surface area contributed by atoms with Gasteiger partial charge in [0.1, 0.15) is 12.0 Å². The summed E-state index contributed by atoms with van der Waals surface area (Å²) in [6.45, 7) is 40.1. The molecule has 8 heteroatoms. The lowest BCUT2D eigenvalue weighted by molar-refractivity contribution is 0.354. The molecule has 6 aromatic heterocycles. The van der Waals surface area contributed by atoms with Gasteiger partial charge in [-0.3, -0.25) is 0 Å². The van der Waals surface area contributed by atoms with Crippen LogP contribution in [0.15, 0.2) is 109 Å². The van der Waals surface area contributed by atoms with E-state index in [1.807, 2.05) is 47.4 Å². The topological polar surface area (TPSA) is 65.2 Å². The lowest BCUT2D eigenvalue weighted by Gasteiger charge is -2.16. The fourth-order valence-corrected chi connectivity index (χ4v) is 8.06. The standard InChI is InChI=1S/2C9H14O.2C9H14S.C8H13NO.C8H13NS/c1-9(2,3)6-8-4-5-10-7-8;1-9(2,3)7-8-5-4-6-10-8;1-9(2,3)6-8-4-5-10-7-8;1-9(2,3)7-8-5-4-6-10-8;2*1-8(2,3)6-7-9-4-5-10-7/h4-5,7H,6H2,1-3H3;4-6H,7H2,1-3H3;4-5,7H,6H2,1-3H3;4-6H,7H2,1-3H3;2*4-5H,6H2,1-3H3. The first kappa shape index (κ1) is 54.8. The smallest absolute Gasteiger partial charge is 0.194 e. The average molecular weight is 879 g/mol. The predicted molar refractivity (Wildman–Crippen MR) is 264 cm³/mol. The number of nitrogens with zero attached hydrogens (tertiary/aromatic N) is 2. The van der Waals surface area contributed by atoms with Gasteiger partial charge in [0.05, 0.1) is 30.0 Å². The minimum absolute atomic E-state index is 0.269. The lowest BCUT2D eigenvalue weighted by Crippen LogP contribution is -2.08. The van der Waals surface area contributed by atoms with Gasteiger partial charge in [0.15, 0.2) is 5.89 Å². The van der Waals surface area contributed by atoms with Crippen molar-refractivity contribution in [2.24, 2.45) is 32.5 Å². The number of hydrogen-bond acceptors (Lipinski definition) is 8. The molecule has 6 heterocycles. The van der Waals surface area contributed by atoms with Crippen LogP contribution in [0.25, 0.3) is 0 Å². The van der Waals surface area contributed by atoms with Gasteiger partial charge in [-0.25, -0.2) is 9.97 Å². The van der Waals surface area contributed by atoms with Crippen LogP contribution >= 0.6 is 34.0 Å². The Morgan fingerprint density at radius 2 is 1.07 bits per heavy atom. The van der Waals surface area contributed by atoms with Crippen LogP contribution in [-0.2, 0) is 38.5 Å². The van der Waals surface area contributed by atoms with Gasteiger partial charge in [-0.15, -0.1) is 22.7 Å². The molecule has 0 spiro atoms. The molecular weight excluding hydrogens is 797 g/mol. The molecule has 0 radical (unpaired) electrons. The summed E-state index contributed by atoms with van der Waals surface area (Å²) in [7, 11) is 0. The molecule has 0 aliphatic heterocycles. The minimum atomic E-state index is 0.269. The van der Waals surface area contributed by atoms with Crippen LogP contribution in [0.2, 0.25) is 0 Å². The minimum Gasteiger partial charge on any atom is -0.472 e. The Morgan fingerprint density at radius 3 is 1.47 bits per heavy atom. The van der Waals surface area contributed by atoms with Gasteiger partial charge in [-0.1, -0.05) is 131 Å². The number of oxazole rings is 1. The molecule has 0 saturated heterocycles. The molecule has 0 amide bonds. The van der Waals surface area contributed by atoms with Crippen LogP contribution < -0.4 is 0 Å². The Labute approximate surface area is 378 Å². The Bertz CT molecular complexity index is 1450. The van der Waals surface area contributed by atoms with E-state index in [4.69, 9.17) is 13.3 Å². The van der Waals surface area contributed by atoms with E-state index in [1.54, 1.807) is 47.7 Å². The second-order valence-electron chi connectivity index (χ2n) is 22.7. The molecule has 0 aliphatic rings. The van der Waals surface area contributed by atoms with Crippen molar-refractivity contribution in [2.75, 3.05) is 0 Å². The van der Waals surface area contributed by atoms with Crippen LogP contribution in [-0.4, -0.2) is 9.97 Å². The molecule has 0 atom stereocenters. The molecule has 0 saturated carbocycles. The number of thiazole rings is 1. The van der Waals surface area contributed by atoms with E-state index in [0.29, 0.717) is 27.1 Å². The molecule has 6 aromatic rings. The molecule has 0 aliphatic carbocycles. The highest BCUT2D eigenvalue weighted by Crippen LogP contribution is 2.25. The van der Waals surface area contributed by atoms with Gasteiger partial charge in [-0.05, 0) is 109 Å². The molecule has 5 nitrogen and oxygen atoms in total. The highest BCUT2D eigenvalue weighted by molar-refractivity contribution is 7.10. The highest BCUT2D eigenvalue weighted by Gasteiger charge is 2.15. The normalized spacial score (nSPS) is 11.9. The summed E-state index contributed by atoms with van der Waals surface area (Å²) in [5.74, 6) is 1.90. The quantitative estimate of drug-likeness (QED) is 0.167. The third-order valence-electron chi connectivity index (χ3n) is 7.53. The van der Waals surface area contributed by atoms with Crippen molar-refractivity contribution in [1.82, 2.24) is 9.97 Å². The maximum Gasteiger partial charge on any atom is 0.194 e. The summed E-state index contributed by atoms with van der Waals surface area (Å²) in [4.78, 5) is 9.75. The number of furan rings is 2. The number of aromatic nitrogens is 2.